The average Bonchev–Trinajstić information content (AvgIpc) is 2.49. The number of halogens is 1. The van der Waals surface area contributed by atoms with Crippen molar-refractivity contribution in [2.24, 2.45) is 0 Å². The van der Waals surface area contributed by atoms with Crippen molar-refractivity contribution in [2.75, 3.05) is 32.0 Å². The fraction of sp³-hybridized carbons (Fsp3) is 0.533. The van der Waals surface area contributed by atoms with Crippen molar-refractivity contribution < 1.29 is 9.59 Å². The summed E-state index contributed by atoms with van der Waals surface area (Å²) in [6, 6.07) is 2.84. The lowest BCUT2D eigenvalue weighted by Gasteiger charge is -2.26. The SMILES string of the molecule is CCN(CC)C(=O)CN(C)C(C)C(=O)Nc1ccc(Cl)cn1. The molecule has 0 bridgehead atoms. The summed E-state index contributed by atoms with van der Waals surface area (Å²) >= 11 is 5.75. The Balaban J connectivity index is 2.58. The van der Waals surface area contributed by atoms with Crippen LogP contribution in [0.2, 0.25) is 5.02 Å². The molecule has 1 heterocycles. The number of carbonyl (C=O) groups is 2. The van der Waals surface area contributed by atoms with Gasteiger partial charge in [0.1, 0.15) is 5.82 Å². The molecule has 2 amide bonds. The molecule has 0 radical (unpaired) electrons. The zero-order chi connectivity index (χ0) is 16.7. The van der Waals surface area contributed by atoms with E-state index in [4.69, 9.17) is 11.6 Å². The van der Waals surface area contributed by atoms with Gasteiger partial charge in [0.2, 0.25) is 11.8 Å². The Morgan fingerprint density at radius 3 is 2.45 bits per heavy atom. The molecule has 0 saturated carbocycles. The van der Waals surface area contributed by atoms with E-state index in [9.17, 15) is 9.59 Å². The number of carbonyl (C=O) groups excluding carboxylic acids is 2. The van der Waals surface area contributed by atoms with Crippen molar-refractivity contribution in [3.63, 3.8) is 0 Å². The van der Waals surface area contributed by atoms with Gasteiger partial charge in [-0.3, -0.25) is 14.5 Å². The Labute approximate surface area is 136 Å². The number of aromatic nitrogens is 1. The van der Waals surface area contributed by atoms with Gasteiger partial charge in [-0.15, -0.1) is 0 Å². The van der Waals surface area contributed by atoms with Crippen LogP contribution in [-0.4, -0.2) is 59.3 Å². The highest BCUT2D eigenvalue weighted by Gasteiger charge is 2.22. The Hall–Kier alpha value is -1.66. The largest absolute Gasteiger partial charge is 0.342 e. The standard InChI is InChI=1S/C15H23ClN4O2/c1-5-20(6-2)14(21)10-19(4)11(3)15(22)18-13-8-7-12(16)9-17-13/h7-9,11H,5-6,10H2,1-4H3,(H,17,18,22). The van der Waals surface area contributed by atoms with Crippen LogP contribution >= 0.6 is 11.6 Å². The zero-order valence-corrected chi connectivity index (χ0v) is 14.2. The summed E-state index contributed by atoms with van der Waals surface area (Å²) in [6.07, 6.45) is 1.47. The average molecular weight is 327 g/mol. The van der Waals surface area contributed by atoms with Crippen molar-refractivity contribution >= 4 is 29.2 Å². The van der Waals surface area contributed by atoms with E-state index >= 15 is 0 Å². The highest BCUT2D eigenvalue weighted by molar-refractivity contribution is 6.30. The normalized spacial score (nSPS) is 12.1. The maximum atomic E-state index is 12.2. The molecule has 1 aromatic rings. The summed E-state index contributed by atoms with van der Waals surface area (Å²) in [7, 11) is 1.75. The van der Waals surface area contributed by atoms with Crippen molar-refractivity contribution in [3.05, 3.63) is 23.4 Å². The predicted octanol–water partition coefficient (Wildman–Crippen LogP) is 1.86. The Morgan fingerprint density at radius 1 is 1.32 bits per heavy atom. The second-order valence-electron chi connectivity index (χ2n) is 5.01. The maximum Gasteiger partial charge on any atom is 0.242 e. The molecule has 1 aromatic heterocycles. The fourth-order valence-electron chi connectivity index (χ4n) is 1.91. The van der Waals surface area contributed by atoms with Gasteiger partial charge in [0.25, 0.3) is 0 Å². The van der Waals surface area contributed by atoms with Gasteiger partial charge in [-0.25, -0.2) is 4.98 Å². The molecule has 0 aromatic carbocycles. The van der Waals surface area contributed by atoms with Gasteiger partial charge in [-0.2, -0.15) is 0 Å². The number of anilines is 1. The lowest BCUT2D eigenvalue weighted by molar-refractivity contribution is -0.133. The summed E-state index contributed by atoms with van der Waals surface area (Å²) in [5, 5.41) is 3.21. The van der Waals surface area contributed by atoms with Crippen LogP contribution in [0.25, 0.3) is 0 Å². The van der Waals surface area contributed by atoms with Crippen molar-refractivity contribution in [1.29, 1.82) is 0 Å². The summed E-state index contributed by atoms with van der Waals surface area (Å²) in [4.78, 5) is 31.7. The van der Waals surface area contributed by atoms with E-state index in [-0.39, 0.29) is 18.4 Å². The van der Waals surface area contributed by atoms with Gasteiger partial charge in [0.15, 0.2) is 0 Å². The third-order valence-corrected chi connectivity index (χ3v) is 3.74. The molecule has 0 fully saturated rings. The van der Waals surface area contributed by atoms with Crippen molar-refractivity contribution in [1.82, 2.24) is 14.8 Å². The molecular weight excluding hydrogens is 304 g/mol. The quantitative estimate of drug-likeness (QED) is 0.830. The minimum atomic E-state index is -0.447. The fourth-order valence-corrected chi connectivity index (χ4v) is 2.02. The molecule has 1 rings (SSSR count). The van der Waals surface area contributed by atoms with E-state index in [0.29, 0.717) is 23.9 Å². The van der Waals surface area contributed by atoms with E-state index in [2.05, 4.69) is 10.3 Å². The second kappa shape index (κ2) is 8.70. The Kier molecular flexibility index (Phi) is 7.27. The summed E-state index contributed by atoms with van der Waals surface area (Å²) in [5.74, 6) is 0.228. The molecule has 7 heteroatoms. The van der Waals surface area contributed by atoms with Crippen LogP contribution < -0.4 is 5.32 Å². The highest BCUT2D eigenvalue weighted by atomic mass is 35.5. The number of likely N-dealkylation sites (N-methyl/N-ethyl adjacent to an activating group) is 2. The van der Waals surface area contributed by atoms with E-state index in [1.54, 1.807) is 35.9 Å². The number of nitrogens with zero attached hydrogens (tertiary/aromatic N) is 3. The lowest BCUT2D eigenvalue weighted by Crippen LogP contribution is -2.46. The van der Waals surface area contributed by atoms with Crippen LogP contribution in [0.5, 0.6) is 0 Å². The number of hydrogen-bond acceptors (Lipinski definition) is 4. The monoisotopic (exact) mass is 326 g/mol. The number of nitrogens with one attached hydrogen (secondary N) is 1. The highest BCUT2D eigenvalue weighted by Crippen LogP contribution is 2.10. The summed E-state index contributed by atoms with van der Waals surface area (Å²) in [6.45, 7) is 7.15. The molecule has 1 unspecified atom stereocenters. The van der Waals surface area contributed by atoms with Crippen molar-refractivity contribution in [2.45, 2.75) is 26.8 Å². The molecule has 6 nitrogen and oxygen atoms in total. The molecule has 122 valence electrons. The molecule has 0 spiro atoms. The lowest BCUT2D eigenvalue weighted by atomic mass is 10.2. The number of pyridine rings is 1. The molecule has 0 aliphatic rings. The van der Waals surface area contributed by atoms with Crippen LogP contribution in [0.4, 0.5) is 5.82 Å². The van der Waals surface area contributed by atoms with Gasteiger partial charge in [0, 0.05) is 19.3 Å². The summed E-state index contributed by atoms with van der Waals surface area (Å²) in [5.41, 5.74) is 0. The van der Waals surface area contributed by atoms with Crippen LogP contribution in [0, 0.1) is 0 Å². The van der Waals surface area contributed by atoms with E-state index in [1.807, 2.05) is 13.8 Å². The first-order chi connectivity index (χ1) is 10.4. The van der Waals surface area contributed by atoms with Crippen LogP contribution in [0.1, 0.15) is 20.8 Å². The molecule has 0 aliphatic heterocycles. The summed E-state index contributed by atoms with van der Waals surface area (Å²) < 4.78 is 0. The molecule has 1 N–H and O–H groups in total. The van der Waals surface area contributed by atoms with Gasteiger partial charge in [0.05, 0.1) is 17.6 Å². The molecular formula is C15H23ClN4O2. The maximum absolute atomic E-state index is 12.2. The first kappa shape index (κ1) is 18.4. The van der Waals surface area contributed by atoms with Crippen LogP contribution in [0.15, 0.2) is 18.3 Å². The van der Waals surface area contributed by atoms with Crippen LogP contribution in [-0.2, 0) is 9.59 Å². The third-order valence-electron chi connectivity index (χ3n) is 3.52. The van der Waals surface area contributed by atoms with E-state index in [0.717, 1.165) is 0 Å². The second-order valence-corrected chi connectivity index (χ2v) is 5.44. The molecule has 0 aliphatic carbocycles. The van der Waals surface area contributed by atoms with E-state index < -0.39 is 6.04 Å². The first-order valence-electron chi connectivity index (χ1n) is 7.29. The third kappa shape index (κ3) is 5.27. The minimum Gasteiger partial charge on any atom is -0.342 e. The molecule has 1 atom stereocenters. The Bertz CT molecular complexity index is 503. The predicted molar refractivity (Wildman–Crippen MR) is 87.9 cm³/mol. The number of amides is 2. The smallest absolute Gasteiger partial charge is 0.242 e. The first-order valence-corrected chi connectivity index (χ1v) is 7.67. The van der Waals surface area contributed by atoms with Crippen molar-refractivity contribution in [3.8, 4) is 0 Å². The number of hydrogen-bond donors (Lipinski definition) is 1. The van der Waals surface area contributed by atoms with Crippen LogP contribution in [0.3, 0.4) is 0 Å². The van der Waals surface area contributed by atoms with Gasteiger partial charge in [-0.1, -0.05) is 11.6 Å². The number of rotatable bonds is 7. The van der Waals surface area contributed by atoms with E-state index in [1.165, 1.54) is 6.20 Å². The topological polar surface area (TPSA) is 65.5 Å². The van der Waals surface area contributed by atoms with Gasteiger partial charge < -0.3 is 10.2 Å². The zero-order valence-electron chi connectivity index (χ0n) is 13.5. The van der Waals surface area contributed by atoms with Gasteiger partial charge in [-0.05, 0) is 40.0 Å². The molecule has 22 heavy (non-hydrogen) atoms. The van der Waals surface area contributed by atoms with Gasteiger partial charge >= 0.3 is 0 Å². The Morgan fingerprint density at radius 2 is 1.95 bits per heavy atom. The minimum absolute atomic E-state index is 0.0109. The molecule has 0 saturated heterocycles.